The highest BCUT2D eigenvalue weighted by molar-refractivity contribution is 5.32. The molecule has 10 heavy (non-hydrogen) atoms. The molecule has 0 amide bonds. The molecule has 0 spiro atoms. The Hall–Kier alpha value is -0.850. The lowest BCUT2D eigenvalue weighted by Gasteiger charge is -1.99. The predicted octanol–water partition coefficient (Wildman–Crippen LogP) is 3.38. The minimum absolute atomic E-state index is 0.240. The average molecular weight is 140 g/mol. The van der Waals surface area contributed by atoms with Crippen molar-refractivity contribution in [1.29, 1.82) is 0 Å². The molecular formula is C9H13F. The first kappa shape index (κ1) is 9.15. The maximum atomic E-state index is 12.7. The van der Waals surface area contributed by atoms with Gasteiger partial charge in [-0.2, -0.15) is 0 Å². The van der Waals surface area contributed by atoms with Gasteiger partial charge in [0.05, 0.1) is 0 Å². The second-order valence-corrected chi connectivity index (χ2v) is 2.15. The van der Waals surface area contributed by atoms with Crippen LogP contribution in [0.25, 0.3) is 0 Å². The molecule has 0 aliphatic heterocycles. The number of allylic oxidation sites excluding steroid dienone is 5. The van der Waals surface area contributed by atoms with E-state index in [-0.39, 0.29) is 5.83 Å². The first-order valence-electron chi connectivity index (χ1n) is 3.25. The Morgan fingerprint density at radius 3 is 2.20 bits per heavy atom. The van der Waals surface area contributed by atoms with Gasteiger partial charge >= 0.3 is 0 Å². The summed E-state index contributed by atoms with van der Waals surface area (Å²) in [4.78, 5) is 0. The van der Waals surface area contributed by atoms with Crippen molar-refractivity contribution in [2.45, 2.75) is 20.8 Å². The molecule has 56 valence electrons. The van der Waals surface area contributed by atoms with E-state index in [1.165, 1.54) is 6.08 Å². The summed E-state index contributed by atoms with van der Waals surface area (Å²) in [6, 6.07) is 0. The van der Waals surface area contributed by atoms with E-state index in [9.17, 15) is 4.39 Å². The molecule has 0 saturated heterocycles. The molecule has 0 aliphatic rings. The highest BCUT2D eigenvalue weighted by atomic mass is 19.1. The van der Waals surface area contributed by atoms with Gasteiger partial charge < -0.3 is 0 Å². The molecule has 0 nitrogen and oxygen atoms in total. The molecule has 0 aromatic rings. The molecule has 0 bridgehead atoms. The van der Waals surface area contributed by atoms with Gasteiger partial charge in [-0.15, -0.1) is 0 Å². The summed E-state index contributed by atoms with van der Waals surface area (Å²) < 4.78 is 12.7. The highest BCUT2D eigenvalue weighted by Gasteiger charge is 1.96. The topological polar surface area (TPSA) is 0 Å². The van der Waals surface area contributed by atoms with Gasteiger partial charge in [-0.3, -0.25) is 0 Å². The fourth-order valence-corrected chi connectivity index (χ4v) is 0.558. The van der Waals surface area contributed by atoms with Crippen molar-refractivity contribution in [2.75, 3.05) is 0 Å². The van der Waals surface area contributed by atoms with Gasteiger partial charge in [-0.25, -0.2) is 4.39 Å². The van der Waals surface area contributed by atoms with Gasteiger partial charge in [-0.05, 0) is 38.0 Å². The van der Waals surface area contributed by atoms with Crippen molar-refractivity contribution in [3.63, 3.8) is 0 Å². The monoisotopic (exact) mass is 140 g/mol. The molecule has 0 radical (unpaired) electrons. The molecule has 0 aliphatic carbocycles. The minimum atomic E-state index is -0.240. The number of rotatable bonds is 2. The summed E-state index contributed by atoms with van der Waals surface area (Å²) in [5.41, 5.74) is 1.62. The molecular weight excluding hydrogens is 127 g/mol. The van der Waals surface area contributed by atoms with Crippen LogP contribution >= 0.6 is 0 Å². The Kier molecular flexibility index (Phi) is 3.70. The first-order valence-corrected chi connectivity index (χ1v) is 3.25. The zero-order valence-corrected chi connectivity index (χ0v) is 6.74. The fourth-order valence-electron chi connectivity index (χ4n) is 0.558. The SMILES string of the molecule is C=C/C(F)=C(C)\C(C)=C/C. The zero-order valence-electron chi connectivity index (χ0n) is 6.74. The Morgan fingerprint density at radius 2 is 1.90 bits per heavy atom. The van der Waals surface area contributed by atoms with Crippen LogP contribution < -0.4 is 0 Å². The van der Waals surface area contributed by atoms with Crippen LogP contribution in [-0.4, -0.2) is 0 Å². The molecule has 0 aromatic heterocycles. The third-order valence-electron chi connectivity index (χ3n) is 1.56. The molecule has 0 saturated carbocycles. The fraction of sp³-hybridized carbons (Fsp3) is 0.333. The van der Waals surface area contributed by atoms with E-state index < -0.39 is 0 Å². The smallest absolute Gasteiger partial charge is 0.125 e. The van der Waals surface area contributed by atoms with Crippen LogP contribution in [0.4, 0.5) is 4.39 Å². The van der Waals surface area contributed by atoms with Crippen LogP contribution in [-0.2, 0) is 0 Å². The summed E-state index contributed by atoms with van der Waals surface area (Å²) in [5, 5.41) is 0. The van der Waals surface area contributed by atoms with E-state index >= 15 is 0 Å². The van der Waals surface area contributed by atoms with Crippen LogP contribution in [0.5, 0.6) is 0 Å². The van der Waals surface area contributed by atoms with Gasteiger partial charge in [0, 0.05) is 0 Å². The Balaban J connectivity index is 4.63. The third kappa shape index (κ3) is 2.18. The van der Waals surface area contributed by atoms with E-state index in [2.05, 4.69) is 6.58 Å². The highest BCUT2D eigenvalue weighted by Crippen LogP contribution is 2.14. The lowest BCUT2D eigenvalue weighted by atomic mass is 10.1. The van der Waals surface area contributed by atoms with Crippen molar-refractivity contribution in [3.05, 3.63) is 35.7 Å². The van der Waals surface area contributed by atoms with E-state index in [1.54, 1.807) is 6.92 Å². The van der Waals surface area contributed by atoms with Crippen molar-refractivity contribution < 1.29 is 4.39 Å². The summed E-state index contributed by atoms with van der Waals surface area (Å²) in [5.74, 6) is -0.240. The minimum Gasteiger partial charge on any atom is -0.207 e. The third-order valence-corrected chi connectivity index (χ3v) is 1.56. The molecule has 0 N–H and O–H groups in total. The molecule has 0 heterocycles. The predicted molar refractivity (Wildman–Crippen MR) is 43.4 cm³/mol. The first-order chi connectivity index (χ1) is 4.63. The van der Waals surface area contributed by atoms with Crippen molar-refractivity contribution in [2.24, 2.45) is 0 Å². The van der Waals surface area contributed by atoms with E-state index in [4.69, 9.17) is 0 Å². The average Bonchev–Trinajstić information content (AvgIpc) is 2.00. The lowest BCUT2D eigenvalue weighted by Crippen LogP contribution is -1.80. The molecule has 0 fully saturated rings. The molecule has 0 atom stereocenters. The van der Waals surface area contributed by atoms with Gasteiger partial charge in [0.25, 0.3) is 0 Å². The molecule has 0 rings (SSSR count). The number of hydrogen-bond donors (Lipinski definition) is 0. The van der Waals surface area contributed by atoms with Crippen LogP contribution in [0.2, 0.25) is 0 Å². The summed E-state index contributed by atoms with van der Waals surface area (Å²) in [6.07, 6.45) is 3.10. The second kappa shape index (κ2) is 4.04. The van der Waals surface area contributed by atoms with E-state index in [0.717, 1.165) is 5.57 Å². The van der Waals surface area contributed by atoms with Gasteiger partial charge in [0.15, 0.2) is 0 Å². The Morgan fingerprint density at radius 1 is 1.40 bits per heavy atom. The number of halogens is 1. The van der Waals surface area contributed by atoms with Crippen molar-refractivity contribution >= 4 is 0 Å². The standard InChI is InChI=1S/C9H13F/c1-5-7(3)8(4)9(10)6-2/h5-6H,2H2,1,3-4H3/b7-5-,9-8+. The summed E-state index contributed by atoms with van der Waals surface area (Å²) in [7, 11) is 0. The van der Waals surface area contributed by atoms with Gasteiger partial charge in [0.2, 0.25) is 0 Å². The van der Waals surface area contributed by atoms with Gasteiger partial charge in [0.1, 0.15) is 5.83 Å². The number of hydrogen-bond acceptors (Lipinski definition) is 0. The van der Waals surface area contributed by atoms with Crippen LogP contribution in [0, 0.1) is 0 Å². The summed E-state index contributed by atoms with van der Waals surface area (Å²) in [6.45, 7) is 8.84. The maximum Gasteiger partial charge on any atom is 0.125 e. The van der Waals surface area contributed by atoms with Crippen molar-refractivity contribution in [3.8, 4) is 0 Å². The second-order valence-electron chi connectivity index (χ2n) is 2.15. The van der Waals surface area contributed by atoms with Crippen LogP contribution in [0.3, 0.4) is 0 Å². The quantitative estimate of drug-likeness (QED) is 0.516. The largest absolute Gasteiger partial charge is 0.207 e. The molecule has 1 heteroatoms. The lowest BCUT2D eigenvalue weighted by molar-refractivity contribution is 0.656. The normalized spacial score (nSPS) is 14.6. The maximum absolute atomic E-state index is 12.7. The Labute approximate surface area is 61.8 Å². The van der Waals surface area contributed by atoms with E-state index in [1.807, 2.05) is 19.9 Å². The molecule has 0 aromatic carbocycles. The zero-order chi connectivity index (χ0) is 8.15. The Bertz CT molecular complexity index is 185. The van der Waals surface area contributed by atoms with Crippen LogP contribution in [0.1, 0.15) is 20.8 Å². The summed E-state index contributed by atoms with van der Waals surface area (Å²) >= 11 is 0. The molecule has 0 unspecified atom stereocenters. The van der Waals surface area contributed by atoms with E-state index in [0.29, 0.717) is 5.57 Å². The van der Waals surface area contributed by atoms with Gasteiger partial charge in [-0.1, -0.05) is 12.7 Å². The van der Waals surface area contributed by atoms with Crippen LogP contribution in [0.15, 0.2) is 35.7 Å². The van der Waals surface area contributed by atoms with Crippen molar-refractivity contribution in [1.82, 2.24) is 0 Å².